The first-order valence-electron chi connectivity index (χ1n) is 5.14. The van der Waals surface area contributed by atoms with Gasteiger partial charge in [-0.05, 0) is 36.3 Å². The van der Waals surface area contributed by atoms with E-state index in [0.29, 0.717) is 13.1 Å². The summed E-state index contributed by atoms with van der Waals surface area (Å²) >= 11 is 3.46. The van der Waals surface area contributed by atoms with Gasteiger partial charge in [-0.25, -0.2) is 0 Å². The average Bonchev–Trinajstić information content (AvgIpc) is 2.43. The summed E-state index contributed by atoms with van der Waals surface area (Å²) in [7, 11) is 0. The molecule has 0 aliphatic heterocycles. The van der Waals surface area contributed by atoms with Crippen LogP contribution in [0.4, 0.5) is 0 Å². The first-order valence-corrected chi connectivity index (χ1v) is 5.93. The maximum absolute atomic E-state index is 9.72. The molecular formula is C10H18BrN3O. The van der Waals surface area contributed by atoms with Crippen molar-refractivity contribution in [2.45, 2.75) is 33.4 Å². The van der Waals surface area contributed by atoms with Crippen LogP contribution in [0.25, 0.3) is 0 Å². The molecule has 4 nitrogen and oxygen atoms in total. The molecule has 0 saturated carbocycles. The Labute approximate surface area is 98.8 Å². The fourth-order valence-electron chi connectivity index (χ4n) is 1.43. The van der Waals surface area contributed by atoms with Crippen LogP contribution in [0.1, 0.15) is 18.3 Å². The van der Waals surface area contributed by atoms with Crippen molar-refractivity contribution >= 4 is 15.9 Å². The molecule has 1 aromatic heterocycles. The highest BCUT2D eigenvalue weighted by atomic mass is 79.9. The Bertz CT molecular complexity index is 325. The van der Waals surface area contributed by atoms with Crippen molar-refractivity contribution in [3.05, 3.63) is 15.9 Å². The van der Waals surface area contributed by atoms with E-state index in [0.717, 1.165) is 22.4 Å². The van der Waals surface area contributed by atoms with Gasteiger partial charge >= 0.3 is 0 Å². The number of aliphatic hydroxyl groups is 1. The van der Waals surface area contributed by atoms with Gasteiger partial charge in [0.25, 0.3) is 0 Å². The van der Waals surface area contributed by atoms with Crippen molar-refractivity contribution in [3.63, 3.8) is 0 Å². The van der Waals surface area contributed by atoms with E-state index in [-0.39, 0.29) is 0 Å². The van der Waals surface area contributed by atoms with Crippen molar-refractivity contribution in [1.29, 1.82) is 0 Å². The largest absolute Gasteiger partial charge is 0.390 e. The molecule has 1 aromatic rings. The van der Waals surface area contributed by atoms with Gasteiger partial charge in [0.2, 0.25) is 0 Å². The predicted molar refractivity (Wildman–Crippen MR) is 64.0 cm³/mol. The molecule has 1 unspecified atom stereocenters. The third-order valence-corrected chi connectivity index (χ3v) is 3.45. The van der Waals surface area contributed by atoms with Crippen LogP contribution in [0.2, 0.25) is 0 Å². The van der Waals surface area contributed by atoms with Crippen LogP contribution in [-0.2, 0) is 6.54 Å². The molecule has 1 atom stereocenters. The highest BCUT2D eigenvalue weighted by Gasteiger charge is 2.11. The Morgan fingerprint density at radius 1 is 1.53 bits per heavy atom. The van der Waals surface area contributed by atoms with Crippen LogP contribution in [0, 0.1) is 13.8 Å². The summed E-state index contributed by atoms with van der Waals surface area (Å²) in [4.78, 5) is 0. The van der Waals surface area contributed by atoms with Gasteiger partial charge in [-0.15, -0.1) is 0 Å². The zero-order chi connectivity index (χ0) is 11.4. The maximum Gasteiger partial charge on any atom is 0.0860 e. The fraction of sp³-hybridized carbons (Fsp3) is 0.700. The minimum Gasteiger partial charge on any atom is -0.390 e. The number of hydrogen-bond acceptors (Lipinski definition) is 3. The molecule has 1 rings (SSSR count). The molecule has 0 radical (unpaired) electrons. The summed E-state index contributed by atoms with van der Waals surface area (Å²) < 4.78 is 2.86. The van der Waals surface area contributed by atoms with E-state index < -0.39 is 6.10 Å². The van der Waals surface area contributed by atoms with Gasteiger partial charge in [-0.1, -0.05) is 6.92 Å². The van der Waals surface area contributed by atoms with Gasteiger partial charge < -0.3 is 10.4 Å². The molecule has 5 heteroatoms. The lowest BCUT2D eigenvalue weighted by molar-refractivity contribution is 0.146. The Morgan fingerprint density at radius 3 is 2.67 bits per heavy atom. The Balaban J connectivity index is 2.60. The standard InChI is InChI=1S/C10H18BrN3O/c1-4-12-5-9(15)6-14-8(3)10(11)7(2)13-14/h9,12,15H,4-6H2,1-3H3. The van der Waals surface area contributed by atoms with Gasteiger partial charge in [0, 0.05) is 12.2 Å². The van der Waals surface area contributed by atoms with Crippen LogP contribution >= 0.6 is 15.9 Å². The highest BCUT2D eigenvalue weighted by Crippen LogP contribution is 2.19. The number of aliphatic hydroxyl groups excluding tert-OH is 1. The summed E-state index contributed by atoms with van der Waals surface area (Å²) in [5, 5.41) is 17.2. The molecule has 0 amide bonds. The second kappa shape index (κ2) is 5.63. The molecule has 0 aliphatic carbocycles. The number of nitrogens with zero attached hydrogens (tertiary/aromatic N) is 2. The van der Waals surface area contributed by atoms with Crippen molar-refractivity contribution in [2.75, 3.05) is 13.1 Å². The normalized spacial score (nSPS) is 13.1. The van der Waals surface area contributed by atoms with E-state index in [2.05, 4.69) is 26.3 Å². The zero-order valence-corrected chi connectivity index (χ0v) is 11.0. The first-order chi connectivity index (χ1) is 7.06. The monoisotopic (exact) mass is 275 g/mol. The van der Waals surface area contributed by atoms with Crippen LogP contribution in [0.3, 0.4) is 0 Å². The van der Waals surface area contributed by atoms with Crippen LogP contribution < -0.4 is 5.32 Å². The molecule has 2 N–H and O–H groups in total. The lowest BCUT2D eigenvalue weighted by atomic mass is 10.3. The minimum absolute atomic E-state index is 0.394. The Kier molecular flexibility index (Phi) is 4.76. The molecule has 15 heavy (non-hydrogen) atoms. The van der Waals surface area contributed by atoms with Crippen molar-refractivity contribution in [1.82, 2.24) is 15.1 Å². The van der Waals surface area contributed by atoms with Crippen molar-refractivity contribution < 1.29 is 5.11 Å². The molecule has 0 aromatic carbocycles. The molecule has 0 bridgehead atoms. The van der Waals surface area contributed by atoms with Crippen LogP contribution in [-0.4, -0.2) is 34.1 Å². The first kappa shape index (κ1) is 12.7. The van der Waals surface area contributed by atoms with Crippen molar-refractivity contribution in [3.8, 4) is 0 Å². The Morgan fingerprint density at radius 2 is 2.20 bits per heavy atom. The number of aromatic nitrogens is 2. The second-order valence-electron chi connectivity index (χ2n) is 3.63. The van der Waals surface area contributed by atoms with E-state index in [9.17, 15) is 5.11 Å². The molecular weight excluding hydrogens is 258 g/mol. The number of hydrogen-bond donors (Lipinski definition) is 2. The summed E-state index contributed by atoms with van der Waals surface area (Å²) in [6, 6.07) is 0. The molecule has 86 valence electrons. The van der Waals surface area contributed by atoms with Gasteiger partial charge in [-0.2, -0.15) is 5.10 Å². The second-order valence-corrected chi connectivity index (χ2v) is 4.42. The number of rotatable bonds is 5. The van der Waals surface area contributed by atoms with E-state index in [1.54, 1.807) is 0 Å². The summed E-state index contributed by atoms with van der Waals surface area (Å²) in [6.07, 6.45) is -0.394. The lowest BCUT2D eigenvalue weighted by Crippen LogP contribution is -2.30. The van der Waals surface area contributed by atoms with Crippen LogP contribution in [0.5, 0.6) is 0 Å². The zero-order valence-electron chi connectivity index (χ0n) is 9.42. The summed E-state index contributed by atoms with van der Waals surface area (Å²) in [5.41, 5.74) is 2.02. The van der Waals surface area contributed by atoms with E-state index >= 15 is 0 Å². The smallest absolute Gasteiger partial charge is 0.0860 e. The van der Waals surface area contributed by atoms with Gasteiger partial charge in [0.15, 0.2) is 0 Å². The highest BCUT2D eigenvalue weighted by molar-refractivity contribution is 9.10. The topological polar surface area (TPSA) is 50.1 Å². The maximum atomic E-state index is 9.72. The lowest BCUT2D eigenvalue weighted by Gasteiger charge is -2.12. The summed E-state index contributed by atoms with van der Waals surface area (Å²) in [6.45, 7) is 7.97. The molecule has 1 heterocycles. The number of nitrogens with one attached hydrogen (secondary N) is 1. The number of likely N-dealkylation sites (N-methyl/N-ethyl adjacent to an activating group) is 1. The molecule has 0 saturated heterocycles. The minimum atomic E-state index is -0.394. The van der Waals surface area contributed by atoms with Gasteiger partial charge in [0.05, 0.1) is 22.8 Å². The van der Waals surface area contributed by atoms with Gasteiger partial charge in [-0.3, -0.25) is 4.68 Å². The molecule has 0 aliphatic rings. The van der Waals surface area contributed by atoms with Crippen LogP contribution in [0.15, 0.2) is 4.47 Å². The van der Waals surface area contributed by atoms with E-state index in [1.165, 1.54) is 0 Å². The predicted octanol–water partition coefficient (Wildman–Crippen LogP) is 1.23. The quantitative estimate of drug-likeness (QED) is 0.850. The Hall–Kier alpha value is -0.390. The fourth-order valence-corrected chi connectivity index (χ4v) is 1.71. The molecule has 0 fully saturated rings. The average molecular weight is 276 g/mol. The van der Waals surface area contributed by atoms with E-state index in [1.807, 2.05) is 25.5 Å². The SMILES string of the molecule is CCNCC(O)Cn1nc(C)c(Br)c1C. The summed E-state index contributed by atoms with van der Waals surface area (Å²) in [5.74, 6) is 0. The molecule has 0 spiro atoms. The third kappa shape index (κ3) is 3.29. The number of aryl methyl sites for hydroxylation is 1. The van der Waals surface area contributed by atoms with Crippen molar-refractivity contribution in [2.24, 2.45) is 0 Å². The van der Waals surface area contributed by atoms with Gasteiger partial charge in [0.1, 0.15) is 0 Å². The third-order valence-electron chi connectivity index (χ3n) is 2.31. The van der Waals surface area contributed by atoms with E-state index in [4.69, 9.17) is 0 Å². The number of halogens is 1.